The summed E-state index contributed by atoms with van der Waals surface area (Å²) < 4.78 is 67.4. The normalized spacial score (nSPS) is 12.4. The molecule has 2 N–H and O–H groups in total. The van der Waals surface area contributed by atoms with Crippen LogP contribution in [0.25, 0.3) is 0 Å². The quantitative estimate of drug-likeness (QED) is 0.510. The summed E-state index contributed by atoms with van der Waals surface area (Å²) in [5.74, 6) is 0. The summed E-state index contributed by atoms with van der Waals surface area (Å²) >= 11 is 0. The van der Waals surface area contributed by atoms with E-state index in [1.54, 1.807) is 21.9 Å². The van der Waals surface area contributed by atoms with Crippen LogP contribution in [0.15, 0.2) is 70.5 Å². The fraction of sp³-hybridized carbons (Fsp3) is 0. The van der Waals surface area contributed by atoms with E-state index in [2.05, 4.69) is 9.25 Å². The van der Waals surface area contributed by atoms with Gasteiger partial charge in [-0.1, -0.05) is 46.2 Å². The second-order valence-electron chi connectivity index (χ2n) is 4.25. The number of nitrogens with one attached hydrogen (secondary N) is 2. The molecule has 2 rings (SSSR count). The minimum Gasteiger partial charge on any atom is -0.260 e. The Morgan fingerprint density at radius 3 is 1.33 bits per heavy atom. The Hall–Kier alpha value is -1.59. The van der Waals surface area contributed by atoms with Gasteiger partial charge in [-0.2, -0.15) is 0 Å². The first kappa shape index (κ1) is 18.7. The molecule has 0 aliphatic heterocycles. The largest absolute Gasteiger partial charge is 0.353 e. The van der Waals surface area contributed by atoms with Gasteiger partial charge in [0.15, 0.2) is 0 Å². The third-order valence-corrected chi connectivity index (χ3v) is 5.80. The fourth-order valence-corrected chi connectivity index (χ4v) is 4.18. The van der Waals surface area contributed by atoms with E-state index in [0.29, 0.717) is 0 Å². The van der Waals surface area contributed by atoms with Gasteiger partial charge in [0.25, 0.3) is 20.0 Å². The van der Waals surface area contributed by atoms with Crippen LogP contribution < -0.4 is 9.77 Å². The first-order valence-corrected chi connectivity index (χ1v) is 10.5. The molecule has 0 unspecified atom stereocenters. The molecule has 2 aromatic rings. The lowest BCUT2D eigenvalue weighted by atomic mass is 10.4. The van der Waals surface area contributed by atoms with Crippen LogP contribution in [0, 0.1) is 0 Å². The summed E-state index contributed by atoms with van der Waals surface area (Å²) in [4.78, 5) is 2.95. The topological polar surface area (TPSA) is 128 Å². The number of rotatable bonds is 8. The SMILES string of the molecule is O=[PH](ONS(=O)(=O)c1ccccc1)ONS(=O)(=O)c1ccccc1. The zero-order chi connectivity index (χ0) is 17.6. The number of benzene rings is 2. The summed E-state index contributed by atoms with van der Waals surface area (Å²) in [6.07, 6.45) is 0. The van der Waals surface area contributed by atoms with E-state index in [0.717, 1.165) is 0 Å². The van der Waals surface area contributed by atoms with Crippen LogP contribution in [-0.2, 0) is 33.9 Å². The molecule has 0 atom stereocenters. The van der Waals surface area contributed by atoms with Gasteiger partial charge in [0.05, 0.1) is 9.79 Å². The van der Waals surface area contributed by atoms with Crippen molar-refractivity contribution in [2.45, 2.75) is 9.79 Å². The third-order valence-electron chi connectivity index (χ3n) is 2.58. The maximum absolute atomic E-state index is 11.8. The average molecular weight is 392 g/mol. The van der Waals surface area contributed by atoms with Gasteiger partial charge >= 0.3 is 8.25 Å². The lowest BCUT2D eigenvalue weighted by molar-refractivity contribution is 0.180. The standard InChI is InChI=1S/C12H13N2O7PS2/c15-22(20-13-23(16,17)11-7-3-1-4-8-11)21-14-24(18,19)12-9-5-2-6-10-12/h1-10,13-14,22H. The van der Waals surface area contributed by atoms with Gasteiger partial charge in [-0.3, -0.25) is 4.57 Å². The Labute approximate surface area is 139 Å². The number of hydrogen-bond acceptors (Lipinski definition) is 7. The molecule has 0 heterocycles. The van der Waals surface area contributed by atoms with Gasteiger partial charge in [-0.05, 0) is 24.3 Å². The number of sulfonamides is 2. The zero-order valence-electron chi connectivity index (χ0n) is 11.9. The lowest BCUT2D eigenvalue weighted by Gasteiger charge is -2.08. The van der Waals surface area contributed by atoms with Crippen LogP contribution in [0.3, 0.4) is 0 Å². The minimum atomic E-state index is -4.07. The first-order chi connectivity index (χ1) is 11.3. The fourth-order valence-electron chi connectivity index (χ4n) is 1.49. The van der Waals surface area contributed by atoms with Crippen molar-refractivity contribution in [1.82, 2.24) is 9.77 Å². The molecular weight excluding hydrogens is 379 g/mol. The molecule has 9 nitrogen and oxygen atoms in total. The Balaban J connectivity index is 1.90. The van der Waals surface area contributed by atoms with E-state index in [4.69, 9.17) is 0 Å². The molecule has 0 saturated heterocycles. The van der Waals surface area contributed by atoms with E-state index in [1.807, 2.05) is 0 Å². The molecular formula is C12H13N2O7PS2. The van der Waals surface area contributed by atoms with Gasteiger partial charge in [0.1, 0.15) is 0 Å². The Bertz CT molecular complexity index is 827. The van der Waals surface area contributed by atoms with Crippen molar-refractivity contribution < 1.29 is 30.6 Å². The van der Waals surface area contributed by atoms with Crippen LogP contribution in [-0.4, -0.2) is 16.8 Å². The molecule has 0 aliphatic carbocycles. The predicted molar refractivity (Wildman–Crippen MR) is 84.7 cm³/mol. The first-order valence-electron chi connectivity index (χ1n) is 6.33. The second-order valence-corrected chi connectivity index (χ2v) is 8.45. The van der Waals surface area contributed by atoms with Crippen LogP contribution in [0.4, 0.5) is 0 Å². The van der Waals surface area contributed by atoms with Gasteiger partial charge in [-0.25, -0.2) is 26.1 Å². The van der Waals surface area contributed by atoms with Crippen LogP contribution >= 0.6 is 8.25 Å². The monoisotopic (exact) mass is 392 g/mol. The van der Waals surface area contributed by atoms with E-state index >= 15 is 0 Å². The van der Waals surface area contributed by atoms with Crippen molar-refractivity contribution in [2.75, 3.05) is 0 Å². The molecule has 0 aromatic heterocycles. The highest BCUT2D eigenvalue weighted by Gasteiger charge is 2.18. The van der Waals surface area contributed by atoms with Crippen LogP contribution in [0.2, 0.25) is 0 Å². The van der Waals surface area contributed by atoms with Gasteiger partial charge < -0.3 is 0 Å². The van der Waals surface area contributed by atoms with Gasteiger partial charge in [-0.15, -0.1) is 0 Å². The lowest BCUT2D eigenvalue weighted by Crippen LogP contribution is -2.25. The maximum Gasteiger partial charge on any atom is 0.353 e. The van der Waals surface area contributed by atoms with E-state index in [9.17, 15) is 21.4 Å². The molecule has 24 heavy (non-hydrogen) atoms. The van der Waals surface area contributed by atoms with Gasteiger partial charge in [0, 0.05) is 0 Å². The summed E-state index contributed by atoms with van der Waals surface area (Å²) in [5, 5.41) is 0. The Morgan fingerprint density at radius 2 is 1.00 bits per heavy atom. The van der Waals surface area contributed by atoms with Crippen LogP contribution in [0.1, 0.15) is 0 Å². The van der Waals surface area contributed by atoms with Crippen molar-refractivity contribution in [1.29, 1.82) is 0 Å². The summed E-state index contributed by atoms with van der Waals surface area (Å²) in [7, 11) is -11.6. The molecule has 0 saturated carbocycles. The average Bonchev–Trinajstić information content (AvgIpc) is 2.60. The highest BCUT2D eigenvalue weighted by atomic mass is 32.2. The predicted octanol–water partition coefficient (Wildman–Crippen LogP) is 1.20. The molecule has 0 spiro atoms. The Kier molecular flexibility index (Phi) is 6.24. The van der Waals surface area contributed by atoms with E-state index in [-0.39, 0.29) is 9.79 Å². The van der Waals surface area contributed by atoms with E-state index in [1.165, 1.54) is 48.5 Å². The molecule has 0 fully saturated rings. The number of hydrogen-bond donors (Lipinski definition) is 2. The third kappa shape index (κ3) is 5.21. The molecule has 0 radical (unpaired) electrons. The highest BCUT2D eigenvalue weighted by molar-refractivity contribution is 7.89. The maximum atomic E-state index is 11.8. The second kappa shape index (κ2) is 7.99. The van der Waals surface area contributed by atoms with Crippen molar-refractivity contribution in [3.63, 3.8) is 0 Å². The summed E-state index contributed by atoms with van der Waals surface area (Å²) in [5.41, 5.74) is 0. The molecule has 0 bridgehead atoms. The molecule has 2 aromatic carbocycles. The zero-order valence-corrected chi connectivity index (χ0v) is 14.6. The van der Waals surface area contributed by atoms with Crippen molar-refractivity contribution in [3.8, 4) is 0 Å². The van der Waals surface area contributed by atoms with Gasteiger partial charge in [0.2, 0.25) is 0 Å². The van der Waals surface area contributed by atoms with E-state index < -0.39 is 28.3 Å². The molecule has 0 aliphatic rings. The smallest absolute Gasteiger partial charge is 0.260 e. The molecule has 12 heteroatoms. The highest BCUT2D eigenvalue weighted by Crippen LogP contribution is 2.22. The van der Waals surface area contributed by atoms with Crippen LogP contribution in [0.5, 0.6) is 0 Å². The minimum absolute atomic E-state index is 0.121. The van der Waals surface area contributed by atoms with Crippen molar-refractivity contribution in [3.05, 3.63) is 60.7 Å². The summed E-state index contributed by atoms with van der Waals surface area (Å²) in [6, 6.07) is 14.4. The Morgan fingerprint density at radius 1 is 0.667 bits per heavy atom. The molecule has 130 valence electrons. The summed E-state index contributed by atoms with van der Waals surface area (Å²) in [6.45, 7) is 0. The van der Waals surface area contributed by atoms with Crippen molar-refractivity contribution in [2.24, 2.45) is 0 Å². The molecule has 0 amide bonds. The van der Waals surface area contributed by atoms with Crippen molar-refractivity contribution >= 4 is 28.3 Å².